The van der Waals surface area contributed by atoms with Gasteiger partial charge >= 0.3 is 0 Å². The minimum absolute atomic E-state index is 0.0541. The van der Waals surface area contributed by atoms with Gasteiger partial charge in [0, 0.05) is 25.1 Å². The Hall–Kier alpha value is -1.46. The second kappa shape index (κ2) is 7.41. The molecule has 1 amide bonds. The molecular formula is C18H25FN2O2. The van der Waals surface area contributed by atoms with E-state index in [1.807, 2.05) is 0 Å². The van der Waals surface area contributed by atoms with Gasteiger partial charge in [0.05, 0.1) is 12.6 Å². The van der Waals surface area contributed by atoms with Crippen LogP contribution in [-0.2, 0) is 9.53 Å². The molecule has 1 heterocycles. The number of carbonyl (C=O) groups is 1. The van der Waals surface area contributed by atoms with Gasteiger partial charge in [0.2, 0.25) is 5.91 Å². The number of halogens is 1. The van der Waals surface area contributed by atoms with E-state index in [-0.39, 0.29) is 23.7 Å². The topological polar surface area (TPSA) is 41.6 Å². The van der Waals surface area contributed by atoms with Crippen molar-refractivity contribution in [2.45, 2.75) is 38.3 Å². The van der Waals surface area contributed by atoms with E-state index in [1.165, 1.54) is 25.0 Å². The van der Waals surface area contributed by atoms with E-state index in [1.54, 1.807) is 12.1 Å². The van der Waals surface area contributed by atoms with Gasteiger partial charge in [-0.3, -0.25) is 9.69 Å². The van der Waals surface area contributed by atoms with Crippen LogP contribution in [0.4, 0.5) is 4.39 Å². The van der Waals surface area contributed by atoms with Gasteiger partial charge in [-0.25, -0.2) is 4.39 Å². The summed E-state index contributed by atoms with van der Waals surface area (Å²) in [7, 11) is 0. The van der Waals surface area contributed by atoms with Crippen molar-refractivity contribution in [2.24, 2.45) is 5.92 Å². The number of nitrogens with one attached hydrogen (secondary N) is 1. The summed E-state index contributed by atoms with van der Waals surface area (Å²) in [6.07, 6.45) is 3.29. The predicted octanol–water partition coefficient (Wildman–Crippen LogP) is 2.50. The molecule has 1 N–H and O–H groups in total. The average Bonchev–Trinajstić information content (AvgIpc) is 3.29. The van der Waals surface area contributed by atoms with E-state index >= 15 is 0 Å². The zero-order chi connectivity index (χ0) is 16.2. The Morgan fingerprint density at radius 3 is 2.70 bits per heavy atom. The van der Waals surface area contributed by atoms with E-state index < -0.39 is 0 Å². The Kier molecular flexibility index (Phi) is 5.28. The van der Waals surface area contributed by atoms with Crippen LogP contribution in [0.15, 0.2) is 24.3 Å². The summed E-state index contributed by atoms with van der Waals surface area (Å²) < 4.78 is 18.8. The molecule has 0 unspecified atom stereocenters. The van der Waals surface area contributed by atoms with E-state index in [0.29, 0.717) is 25.7 Å². The lowest BCUT2D eigenvalue weighted by Gasteiger charge is -2.22. The first-order chi connectivity index (χ1) is 11.2. The highest BCUT2D eigenvalue weighted by atomic mass is 19.1. The standard InChI is InChI=1S/C18H25FN2O2/c1-2-21(16-7-8-16)12-17(22)20-11-14-9-10-23-18(14)13-3-5-15(19)6-4-13/h3-6,14,16,18H,2,7-12H2,1H3,(H,20,22)/t14-,18-/m0/s1. The summed E-state index contributed by atoms with van der Waals surface area (Å²) in [5, 5.41) is 3.05. The Balaban J connectivity index is 1.50. The normalized spacial score (nSPS) is 24.1. The van der Waals surface area contributed by atoms with Crippen molar-refractivity contribution >= 4 is 5.91 Å². The first-order valence-electron chi connectivity index (χ1n) is 8.55. The van der Waals surface area contributed by atoms with Crippen molar-refractivity contribution in [3.63, 3.8) is 0 Å². The number of nitrogens with zero attached hydrogens (tertiary/aromatic N) is 1. The van der Waals surface area contributed by atoms with Gasteiger partial charge in [-0.05, 0) is 43.5 Å². The maximum atomic E-state index is 13.0. The molecule has 1 aliphatic carbocycles. The molecule has 1 aromatic rings. The van der Waals surface area contributed by atoms with E-state index in [4.69, 9.17) is 4.74 Å². The highest BCUT2D eigenvalue weighted by molar-refractivity contribution is 5.78. The first-order valence-corrected chi connectivity index (χ1v) is 8.55. The number of hydrogen-bond donors (Lipinski definition) is 1. The Morgan fingerprint density at radius 2 is 2.04 bits per heavy atom. The van der Waals surface area contributed by atoms with Crippen LogP contribution in [-0.4, -0.2) is 43.1 Å². The molecule has 0 radical (unpaired) electrons. The number of carbonyl (C=O) groups excluding carboxylic acids is 1. The fourth-order valence-electron chi connectivity index (χ4n) is 3.29. The summed E-state index contributed by atoms with van der Waals surface area (Å²) in [4.78, 5) is 14.4. The fourth-order valence-corrected chi connectivity index (χ4v) is 3.29. The largest absolute Gasteiger partial charge is 0.373 e. The molecule has 23 heavy (non-hydrogen) atoms. The predicted molar refractivity (Wildman–Crippen MR) is 86.5 cm³/mol. The Labute approximate surface area is 137 Å². The van der Waals surface area contributed by atoms with Gasteiger partial charge in [0.1, 0.15) is 5.82 Å². The van der Waals surface area contributed by atoms with Crippen molar-refractivity contribution in [1.29, 1.82) is 0 Å². The van der Waals surface area contributed by atoms with E-state index in [0.717, 1.165) is 18.5 Å². The fraction of sp³-hybridized carbons (Fsp3) is 0.611. The van der Waals surface area contributed by atoms with Crippen LogP contribution < -0.4 is 5.32 Å². The van der Waals surface area contributed by atoms with Gasteiger partial charge < -0.3 is 10.1 Å². The molecule has 0 spiro atoms. The second-order valence-electron chi connectivity index (χ2n) is 6.49. The zero-order valence-corrected chi connectivity index (χ0v) is 13.6. The zero-order valence-electron chi connectivity index (χ0n) is 13.6. The molecule has 0 aromatic heterocycles. The molecule has 126 valence electrons. The van der Waals surface area contributed by atoms with Gasteiger partial charge in [-0.15, -0.1) is 0 Å². The van der Waals surface area contributed by atoms with Gasteiger partial charge in [-0.1, -0.05) is 19.1 Å². The SMILES string of the molecule is CCN(CC(=O)NC[C@@H]1CCO[C@H]1c1ccc(F)cc1)C1CC1. The highest BCUT2D eigenvalue weighted by Gasteiger charge is 2.31. The summed E-state index contributed by atoms with van der Waals surface area (Å²) in [6, 6.07) is 7.06. The lowest BCUT2D eigenvalue weighted by molar-refractivity contribution is -0.122. The van der Waals surface area contributed by atoms with E-state index in [2.05, 4.69) is 17.1 Å². The van der Waals surface area contributed by atoms with Crippen LogP contribution in [0, 0.1) is 11.7 Å². The molecule has 1 saturated carbocycles. The molecule has 1 aromatic carbocycles. The van der Waals surface area contributed by atoms with Gasteiger partial charge in [-0.2, -0.15) is 0 Å². The molecule has 4 nitrogen and oxygen atoms in total. The molecule has 2 atom stereocenters. The third-order valence-corrected chi connectivity index (χ3v) is 4.79. The number of ether oxygens (including phenoxy) is 1. The average molecular weight is 320 g/mol. The number of rotatable bonds is 7. The molecule has 3 rings (SSSR count). The summed E-state index contributed by atoms with van der Waals surface area (Å²) in [5.41, 5.74) is 0.983. The van der Waals surface area contributed by atoms with Crippen LogP contribution in [0.2, 0.25) is 0 Å². The monoisotopic (exact) mass is 320 g/mol. The molecule has 2 aliphatic rings. The summed E-state index contributed by atoms with van der Waals surface area (Å²) >= 11 is 0. The maximum absolute atomic E-state index is 13.0. The Bertz CT molecular complexity index is 530. The molecule has 2 fully saturated rings. The number of hydrogen-bond acceptors (Lipinski definition) is 3. The van der Waals surface area contributed by atoms with Crippen LogP contribution in [0.1, 0.15) is 37.9 Å². The quantitative estimate of drug-likeness (QED) is 0.839. The van der Waals surface area contributed by atoms with Crippen LogP contribution in [0.25, 0.3) is 0 Å². The smallest absolute Gasteiger partial charge is 0.234 e. The minimum Gasteiger partial charge on any atom is -0.373 e. The second-order valence-corrected chi connectivity index (χ2v) is 6.49. The van der Waals surface area contributed by atoms with Crippen LogP contribution in [0.3, 0.4) is 0 Å². The van der Waals surface area contributed by atoms with Crippen LogP contribution >= 0.6 is 0 Å². The van der Waals surface area contributed by atoms with Crippen molar-refractivity contribution in [1.82, 2.24) is 10.2 Å². The first kappa shape index (κ1) is 16.4. The van der Waals surface area contributed by atoms with Crippen molar-refractivity contribution in [3.05, 3.63) is 35.6 Å². The maximum Gasteiger partial charge on any atom is 0.234 e. The minimum atomic E-state index is -0.240. The number of likely N-dealkylation sites (N-methyl/N-ethyl adjacent to an activating group) is 1. The lowest BCUT2D eigenvalue weighted by atomic mass is 9.95. The number of amides is 1. The van der Waals surface area contributed by atoms with Gasteiger partial charge in [0.15, 0.2) is 0 Å². The van der Waals surface area contributed by atoms with Crippen molar-refractivity contribution < 1.29 is 13.9 Å². The summed E-state index contributed by atoms with van der Waals surface area (Å²) in [6.45, 7) is 4.80. The molecule has 0 bridgehead atoms. The van der Waals surface area contributed by atoms with Crippen molar-refractivity contribution in [2.75, 3.05) is 26.2 Å². The van der Waals surface area contributed by atoms with Crippen molar-refractivity contribution in [3.8, 4) is 0 Å². The molecular weight excluding hydrogens is 295 g/mol. The third kappa shape index (κ3) is 4.30. The van der Waals surface area contributed by atoms with E-state index in [9.17, 15) is 9.18 Å². The molecule has 1 aliphatic heterocycles. The number of benzene rings is 1. The van der Waals surface area contributed by atoms with Gasteiger partial charge in [0.25, 0.3) is 0 Å². The third-order valence-electron chi connectivity index (χ3n) is 4.79. The molecule has 5 heteroatoms. The highest BCUT2D eigenvalue weighted by Crippen LogP contribution is 2.34. The summed E-state index contributed by atoms with van der Waals surface area (Å²) in [5.74, 6) is 0.0975. The lowest BCUT2D eigenvalue weighted by Crippen LogP contribution is -2.40. The molecule has 1 saturated heterocycles. The van der Waals surface area contributed by atoms with Crippen LogP contribution in [0.5, 0.6) is 0 Å². The Morgan fingerprint density at radius 1 is 1.30 bits per heavy atom.